The van der Waals surface area contributed by atoms with Gasteiger partial charge in [-0.15, -0.1) is 0 Å². The lowest BCUT2D eigenvalue weighted by Gasteiger charge is -2.47. The smallest absolute Gasteiger partial charge is 0.433 e. The fraction of sp³-hybridized carbons (Fsp3) is 0.500. The summed E-state index contributed by atoms with van der Waals surface area (Å²) < 4.78 is 47.2. The minimum atomic E-state index is -4.66. The minimum absolute atomic E-state index is 0.00604. The molecule has 1 aliphatic heterocycles. The lowest BCUT2D eigenvalue weighted by Crippen LogP contribution is -2.52. The second kappa shape index (κ2) is 7.39. The third kappa shape index (κ3) is 3.49. The number of piperidine rings is 1. The molecule has 0 radical (unpaired) electrons. The Hall–Kier alpha value is -2.84. The number of aromatic nitrogens is 3. The molecule has 0 bridgehead atoms. The van der Waals surface area contributed by atoms with Crippen molar-refractivity contribution in [2.45, 2.75) is 51.2 Å². The second-order valence-electron chi connectivity index (χ2n) is 8.58. The Kier molecular flexibility index (Phi) is 4.79. The van der Waals surface area contributed by atoms with E-state index in [4.69, 9.17) is 4.42 Å². The van der Waals surface area contributed by atoms with Crippen LogP contribution in [0.15, 0.2) is 34.9 Å². The summed E-state index contributed by atoms with van der Waals surface area (Å²) in [6.07, 6.45) is 1.86. The lowest BCUT2D eigenvalue weighted by atomic mass is 9.72. The average Bonchev–Trinajstić information content (AvgIpc) is 3.42. The molecule has 164 valence electrons. The predicted octanol–water partition coefficient (Wildman–Crippen LogP) is 5.05. The highest BCUT2D eigenvalue weighted by molar-refractivity contribution is 5.93. The van der Waals surface area contributed by atoms with Gasteiger partial charge < -0.3 is 9.32 Å². The number of carbonyl (C=O) groups is 1. The molecular weight excluding hydrogens is 409 g/mol. The first-order valence-electron chi connectivity index (χ1n) is 10.7. The van der Waals surface area contributed by atoms with Crippen LogP contribution in [-0.4, -0.2) is 38.0 Å². The van der Waals surface area contributed by atoms with Crippen molar-refractivity contribution < 1.29 is 22.4 Å². The van der Waals surface area contributed by atoms with Gasteiger partial charge in [-0.3, -0.25) is 4.79 Å². The number of alkyl halides is 3. The molecule has 1 saturated carbocycles. The second-order valence-corrected chi connectivity index (χ2v) is 8.58. The Morgan fingerprint density at radius 3 is 2.74 bits per heavy atom. The molecule has 0 unspecified atom stereocenters. The maximum Gasteiger partial charge on any atom is 0.433 e. The summed E-state index contributed by atoms with van der Waals surface area (Å²) >= 11 is 0. The van der Waals surface area contributed by atoms with E-state index in [2.05, 4.69) is 17.0 Å². The summed E-state index contributed by atoms with van der Waals surface area (Å²) in [5.41, 5.74) is -0.989. The molecule has 3 aromatic rings. The van der Waals surface area contributed by atoms with Gasteiger partial charge in [-0.05, 0) is 49.3 Å². The molecule has 1 saturated heterocycles. The van der Waals surface area contributed by atoms with E-state index in [-0.39, 0.29) is 34.7 Å². The summed E-state index contributed by atoms with van der Waals surface area (Å²) in [7, 11) is 0. The van der Waals surface area contributed by atoms with Gasteiger partial charge in [0.05, 0.1) is 6.26 Å². The van der Waals surface area contributed by atoms with Gasteiger partial charge in [0.15, 0.2) is 22.8 Å². The van der Waals surface area contributed by atoms with Gasteiger partial charge in [-0.25, -0.2) is 9.50 Å². The quantitative estimate of drug-likeness (QED) is 0.569. The van der Waals surface area contributed by atoms with Crippen LogP contribution in [0, 0.1) is 11.8 Å². The molecule has 5 rings (SSSR count). The predicted molar refractivity (Wildman–Crippen MR) is 106 cm³/mol. The highest BCUT2D eigenvalue weighted by Crippen LogP contribution is 2.39. The summed E-state index contributed by atoms with van der Waals surface area (Å²) in [6.45, 7) is 2.83. The highest BCUT2D eigenvalue weighted by atomic mass is 19.4. The molecule has 1 aliphatic carbocycles. The van der Waals surface area contributed by atoms with E-state index < -0.39 is 11.9 Å². The maximum absolute atomic E-state index is 13.8. The molecule has 2 aliphatic rings. The molecule has 2 fully saturated rings. The molecule has 0 aromatic carbocycles. The van der Waals surface area contributed by atoms with Crippen LogP contribution in [0.3, 0.4) is 0 Å². The van der Waals surface area contributed by atoms with E-state index in [0.717, 1.165) is 38.2 Å². The van der Waals surface area contributed by atoms with E-state index in [1.807, 2.05) is 4.90 Å². The van der Waals surface area contributed by atoms with Crippen molar-refractivity contribution in [2.75, 3.05) is 6.54 Å². The Labute approximate surface area is 177 Å². The number of nitrogens with zero attached hydrogens (tertiary/aromatic N) is 4. The van der Waals surface area contributed by atoms with Crippen LogP contribution in [0.1, 0.15) is 55.2 Å². The highest BCUT2D eigenvalue weighted by Gasteiger charge is 2.41. The molecule has 0 spiro atoms. The van der Waals surface area contributed by atoms with Gasteiger partial charge in [0.2, 0.25) is 0 Å². The van der Waals surface area contributed by atoms with Gasteiger partial charge in [-0.1, -0.05) is 19.8 Å². The van der Waals surface area contributed by atoms with Crippen molar-refractivity contribution in [3.05, 3.63) is 41.9 Å². The van der Waals surface area contributed by atoms with Crippen LogP contribution in [-0.2, 0) is 6.18 Å². The van der Waals surface area contributed by atoms with E-state index >= 15 is 0 Å². The SMILES string of the molecule is C[C@@H]1CCN(C(=O)c2cc3nc(-c4ccco4)cc(C(F)(F)F)n3n2)[C@@H]2CCCC[C@H]12. The average molecular weight is 432 g/mol. The van der Waals surface area contributed by atoms with Crippen molar-refractivity contribution in [1.29, 1.82) is 0 Å². The van der Waals surface area contributed by atoms with Crippen LogP contribution < -0.4 is 0 Å². The molecule has 1 amide bonds. The van der Waals surface area contributed by atoms with Crippen LogP contribution in [0.5, 0.6) is 0 Å². The zero-order chi connectivity index (χ0) is 21.8. The molecule has 9 heteroatoms. The lowest BCUT2D eigenvalue weighted by molar-refractivity contribution is -0.142. The van der Waals surface area contributed by atoms with E-state index in [0.29, 0.717) is 22.9 Å². The first kappa shape index (κ1) is 20.1. The van der Waals surface area contributed by atoms with E-state index in [1.54, 1.807) is 12.1 Å². The number of hydrogen-bond acceptors (Lipinski definition) is 4. The van der Waals surface area contributed by atoms with E-state index in [1.165, 1.54) is 12.3 Å². The van der Waals surface area contributed by atoms with Crippen LogP contribution in [0.2, 0.25) is 0 Å². The number of likely N-dealkylation sites (tertiary alicyclic amines) is 1. The summed E-state index contributed by atoms with van der Waals surface area (Å²) in [4.78, 5) is 19.4. The summed E-state index contributed by atoms with van der Waals surface area (Å²) in [5.74, 6) is 0.891. The zero-order valence-corrected chi connectivity index (χ0v) is 17.1. The molecule has 31 heavy (non-hydrogen) atoms. The van der Waals surface area contributed by atoms with Gasteiger partial charge in [0.1, 0.15) is 5.69 Å². The van der Waals surface area contributed by atoms with Crippen LogP contribution in [0.25, 0.3) is 17.1 Å². The molecule has 0 N–H and O–H groups in total. The molecule has 3 atom stereocenters. The first-order chi connectivity index (χ1) is 14.8. The fourth-order valence-electron chi connectivity index (χ4n) is 5.14. The molecule has 6 nitrogen and oxygen atoms in total. The Morgan fingerprint density at radius 2 is 2.00 bits per heavy atom. The number of hydrogen-bond donors (Lipinski definition) is 0. The Morgan fingerprint density at radius 1 is 1.19 bits per heavy atom. The first-order valence-corrected chi connectivity index (χ1v) is 10.7. The number of fused-ring (bicyclic) bond motifs is 2. The van der Waals surface area contributed by atoms with Gasteiger partial charge in [0.25, 0.3) is 5.91 Å². The van der Waals surface area contributed by atoms with Gasteiger partial charge in [-0.2, -0.15) is 18.3 Å². The van der Waals surface area contributed by atoms with Gasteiger partial charge in [0, 0.05) is 18.7 Å². The standard InChI is InChI=1S/C22H23F3N4O2/c1-13-8-9-28(17-6-3-2-5-14(13)17)21(30)16-12-20-26-15(18-7-4-10-31-18)11-19(22(23,24)25)29(20)27-16/h4,7,10-14,17H,2-3,5-6,8-9H2,1H3/t13-,14-,17-/m1/s1. The monoisotopic (exact) mass is 432 g/mol. The molecular formula is C22H23F3N4O2. The van der Waals surface area contributed by atoms with Crippen molar-refractivity contribution in [2.24, 2.45) is 11.8 Å². The van der Waals surface area contributed by atoms with Crippen LogP contribution in [0.4, 0.5) is 13.2 Å². The maximum atomic E-state index is 13.8. The van der Waals surface area contributed by atoms with Crippen LogP contribution >= 0.6 is 0 Å². The van der Waals surface area contributed by atoms with Crippen molar-refractivity contribution in [3.8, 4) is 11.5 Å². The number of carbonyl (C=O) groups excluding carboxylic acids is 1. The zero-order valence-electron chi connectivity index (χ0n) is 17.1. The Balaban J connectivity index is 1.55. The minimum Gasteiger partial charge on any atom is -0.463 e. The van der Waals surface area contributed by atoms with Crippen molar-refractivity contribution >= 4 is 11.6 Å². The largest absolute Gasteiger partial charge is 0.463 e. The molecule has 4 heterocycles. The normalized spacial score (nSPS) is 24.4. The number of rotatable bonds is 2. The Bertz CT molecular complexity index is 1110. The topological polar surface area (TPSA) is 63.6 Å². The molecule has 3 aromatic heterocycles. The third-order valence-corrected chi connectivity index (χ3v) is 6.71. The third-order valence-electron chi connectivity index (χ3n) is 6.71. The summed E-state index contributed by atoms with van der Waals surface area (Å²) in [5, 5.41) is 4.05. The van der Waals surface area contributed by atoms with Gasteiger partial charge >= 0.3 is 6.18 Å². The van der Waals surface area contributed by atoms with E-state index in [9.17, 15) is 18.0 Å². The van der Waals surface area contributed by atoms with Crippen molar-refractivity contribution in [1.82, 2.24) is 19.5 Å². The number of furan rings is 1. The number of amides is 1. The number of halogens is 3. The fourth-order valence-corrected chi connectivity index (χ4v) is 5.14. The van der Waals surface area contributed by atoms with Crippen molar-refractivity contribution in [3.63, 3.8) is 0 Å². The summed E-state index contributed by atoms with van der Waals surface area (Å²) in [6, 6.07) is 5.49.